The third-order valence-corrected chi connectivity index (χ3v) is 4.52. The summed E-state index contributed by atoms with van der Waals surface area (Å²) in [6.07, 6.45) is 2.57. The van der Waals surface area contributed by atoms with Crippen molar-refractivity contribution in [1.82, 2.24) is 0 Å². The van der Waals surface area contributed by atoms with Gasteiger partial charge in [-0.25, -0.2) is 8.78 Å². The third-order valence-electron chi connectivity index (χ3n) is 4.52. The molecule has 178 valence electrons. The zero-order chi connectivity index (χ0) is 24.8. The molecule has 0 saturated carbocycles. The lowest BCUT2D eigenvalue weighted by Crippen LogP contribution is -2.05. The Kier molecular flexibility index (Phi) is 7.83. The summed E-state index contributed by atoms with van der Waals surface area (Å²) in [5.41, 5.74) is 0.803. The van der Waals surface area contributed by atoms with Crippen molar-refractivity contribution in [3.63, 3.8) is 0 Å². The van der Waals surface area contributed by atoms with E-state index in [-0.39, 0.29) is 28.7 Å². The Morgan fingerprint density at radius 3 is 2.32 bits per heavy atom. The fourth-order valence-corrected chi connectivity index (χ4v) is 2.94. The van der Waals surface area contributed by atoms with Crippen LogP contribution in [0.1, 0.15) is 21.5 Å². The van der Waals surface area contributed by atoms with Crippen LogP contribution in [0.3, 0.4) is 0 Å². The van der Waals surface area contributed by atoms with E-state index in [1.807, 2.05) is 0 Å². The summed E-state index contributed by atoms with van der Waals surface area (Å²) in [7, 11) is 1.33. The number of carbonyl (C=O) groups is 1. The van der Waals surface area contributed by atoms with Crippen LogP contribution in [0.2, 0.25) is 0 Å². The predicted molar refractivity (Wildman–Crippen MR) is 110 cm³/mol. The molecule has 3 aromatic carbocycles. The number of methoxy groups -OCH3 is 1. The molecule has 0 atom stereocenters. The van der Waals surface area contributed by atoms with Crippen LogP contribution >= 0.6 is 0 Å². The van der Waals surface area contributed by atoms with Gasteiger partial charge in [-0.05, 0) is 35.9 Å². The largest absolute Gasteiger partial charge is 0.496 e. The molecule has 34 heavy (non-hydrogen) atoms. The predicted octanol–water partition coefficient (Wildman–Crippen LogP) is 6.33. The highest BCUT2D eigenvalue weighted by atomic mass is 19.3. The first-order valence-corrected chi connectivity index (χ1v) is 9.59. The second kappa shape index (κ2) is 10.8. The van der Waals surface area contributed by atoms with Gasteiger partial charge in [0.05, 0.1) is 7.11 Å². The monoisotopic (exact) mass is 482 g/mol. The Hall–Kier alpha value is -3.95. The zero-order valence-corrected chi connectivity index (χ0v) is 17.5. The van der Waals surface area contributed by atoms with Gasteiger partial charge in [0.15, 0.2) is 23.2 Å². The number of ether oxygens (including phenoxy) is 3. The van der Waals surface area contributed by atoms with Gasteiger partial charge in [0, 0.05) is 17.2 Å². The number of halogens is 6. The molecule has 0 aliphatic heterocycles. The van der Waals surface area contributed by atoms with E-state index in [0.717, 1.165) is 6.07 Å². The van der Waals surface area contributed by atoms with Crippen LogP contribution < -0.4 is 14.2 Å². The minimum absolute atomic E-state index is 0.0653. The number of benzene rings is 3. The van der Waals surface area contributed by atoms with Crippen molar-refractivity contribution < 1.29 is 45.3 Å². The summed E-state index contributed by atoms with van der Waals surface area (Å²) in [4.78, 5) is 12.4. The lowest BCUT2D eigenvalue weighted by atomic mass is 10.1. The van der Waals surface area contributed by atoms with Crippen LogP contribution in [-0.4, -0.2) is 19.5 Å². The zero-order valence-electron chi connectivity index (χ0n) is 17.5. The van der Waals surface area contributed by atoms with E-state index in [9.17, 15) is 31.1 Å². The standard InChI is InChI=1S/C24H16F6O4/c1-32-20-8-6-13(5-7-19(31)14-3-2-4-16(10-14)34-24(29)30)9-15(20)12-33-23-21(27)17(25)11-18(26)22(23)28/h2-11,24H,12H2,1H3/b7-5+. The molecule has 3 aromatic rings. The average molecular weight is 482 g/mol. The number of hydrogen-bond acceptors (Lipinski definition) is 4. The first kappa shape index (κ1) is 24.7. The lowest BCUT2D eigenvalue weighted by Gasteiger charge is -2.13. The third kappa shape index (κ3) is 5.89. The number of carbonyl (C=O) groups excluding carboxylic acids is 1. The normalized spacial score (nSPS) is 11.2. The summed E-state index contributed by atoms with van der Waals surface area (Å²) in [5, 5.41) is 0. The highest BCUT2D eigenvalue weighted by molar-refractivity contribution is 6.07. The molecule has 0 aliphatic rings. The van der Waals surface area contributed by atoms with E-state index in [1.54, 1.807) is 6.07 Å². The lowest BCUT2D eigenvalue weighted by molar-refractivity contribution is -0.0498. The van der Waals surface area contributed by atoms with Crippen LogP contribution in [0.5, 0.6) is 17.2 Å². The summed E-state index contributed by atoms with van der Waals surface area (Å²) >= 11 is 0. The van der Waals surface area contributed by atoms with Crippen molar-refractivity contribution in [1.29, 1.82) is 0 Å². The van der Waals surface area contributed by atoms with Gasteiger partial charge in [-0.3, -0.25) is 4.79 Å². The van der Waals surface area contributed by atoms with E-state index >= 15 is 0 Å². The number of alkyl halides is 2. The minimum Gasteiger partial charge on any atom is -0.496 e. The van der Waals surface area contributed by atoms with Gasteiger partial charge in [0.1, 0.15) is 18.1 Å². The highest BCUT2D eigenvalue weighted by Gasteiger charge is 2.21. The highest BCUT2D eigenvalue weighted by Crippen LogP contribution is 2.29. The van der Waals surface area contributed by atoms with E-state index in [2.05, 4.69) is 4.74 Å². The topological polar surface area (TPSA) is 44.8 Å². The first-order valence-electron chi connectivity index (χ1n) is 9.59. The molecule has 0 radical (unpaired) electrons. The molecule has 0 unspecified atom stereocenters. The van der Waals surface area contributed by atoms with Gasteiger partial charge in [-0.15, -0.1) is 0 Å². The molecule has 4 nitrogen and oxygen atoms in total. The van der Waals surface area contributed by atoms with Crippen LogP contribution in [0.15, 0.2) is 54.6 Å². The molecule has 3 rings (SSSR count). The number of hydrogen-bond donors (Lipinski definition) is 0. The maximum Gasteiger partial charge on any atom is 0.387 e. The van der Waals surface area contributed by atoms with E-state index in [4.69, 9.17) is 9.47 Å². The van der Waals surface area contributed by atoms with Crippen LogP contribution in [-0.2, 0) is 6.61 Å². The molecule has 0 saturated heterocycles. The Morgan fingerprint density at radius 1 is 0.971 bits per heavy atom. The Labute approximate surface area is 190 Å². The molecule has 10 heteroatoms. The number of ketones is 1. The minimum atomic E-state index is -3.04. The van der Waals surface area contributed by atoms with Crippen LogP contribution in [0, 0.1) is 23.3 Å². The maximum atomic E-state index is 13.8. The van der Waals surface area contributed by atoms with Crippen LogP contribution in [0.25, 0.3) is 6.08 Å². The number of allylic oxidation sites excluding steroid dienone is 1. The van der Waals surface area contributed by atoms with Crippen LogP contribution in [0.4, 0.5) is 26.3 Å². The van der Waals surface area contributed by atoms with Crippen molar-refractivity contribution in [3.05, 3.63) is 94.6 Å². The summed E-state index contributed by atoms with van der Waals surface area (Å²) in [6.45, 7) is -3.55. The van der Waals surface area contributed by atoms with Gasteiger partial charge < -0.3 is 14.2 Å². The molecular formula is C24H16F6O4. The average Bonchev–Trinajstić information content (AvgIpc) is 2.81. The van der Waals surface area contributed by atoms with E-state index in [1.165, 1.54) is 49.6 Å². The van der Waals surface area contributed by atoms with Crippen molar-refractivity contribution in [2.75, 3.05) is 7.11 Å². The summed E-state index contributed by atoms with van der Waals surface area (Å²) in [6, 6.07) is 9.81. The van der Waals surface area contributed by atoms with Crippen molar-refractivity contribution in [2.45, 2.75) is 13.2 Å². The molecular weight excluding hydrogens is 466 g/mol. The second-order valence-electron chi connectivity index (χ2n) is 6.76. The fourth-order valence-electron chi connectivity index (χ4n) is 2.94. The Balaban J connectivity index is 1.79. The molecule has 0 aliphatic carbocycles. The van der Waals surface area contributed by atoms with Crippen molar-refractivity contribution in [3.8, 4) is 17.2 Å². The second-order valence-corrected chi connectivity index (χ2v) is 6.76. The summed E-state index contributed by atoms with van der Waals surface area (Å²) in [5.74, 6) is -8.24. The van der Waals surface area contributed by atoms with E-state index < -0.39 is 48.0 Å². The molecule has 0 heterocycles. The molecule has 0 bridgehead atoms. The van der Waals surface area contributed by atoms with E-state index in [0.29, 0.717) is 5.56 Å². The van der Waals surface area contributed by atoms with Gasteiger partial charge >= 0.3 is 6.61 Å². The molecule has 0 aromatic heterocycles. The van der Waals surface area contributed by atoms with Crippen molar-refractivity contribution in [2.24, 2.45) is 0 Å². The van der Waals surface area contributed by atoms with Gasteiger partial charge in [0.25, 0.3) is 0 Å². The van der Waals surface area contributed by atoms with Crippen molar-refractivity contribution >= 4 is 11.9 Å². The smallest absolute Gasteiger partial charge is 0.387 e. The Morgan fingerprint density at radius 2 is 1.68 bits per heavy atom. The quantitative estimate of drug-likeness (QED) is 0.155. The molecule has 0 fully saturated rings. The van der Waals surface area contributed by atoms with Gasteiger partial charge in [-0.1, -0.05) is 24.3 Å². The fraction of sp³-hybridized carbons (Fsp3) is 0.125. The summed E-state index contributed by atoms with van der Waals surface area (Å²) < 4.78 is 93.6. The van der Waals surface area contributed by atoms with Gasteiger partial charge in [-0.2, -0.15) is 17.6 Å². The molecule has 0 amide bonds. The SMILES string of the molecule is COc1ccc(/C=C/C(=O)c2cccc(OC(F)F)c2)cc1COc1c(F)c(F)cc(F)c1F. The maximum absolute atomic E-state index is 13.8. The first-order chi connectivity index (χ1) is 16.2. The molecule has 0 N–H and O–H groups in total. The van der Waals surface area contributed by atoms with Gasteiger partial charge in [0.2, 0.25) is 11.6 Å². The number of rotatable bonds is 9. The Bertz CT molecular complexity index is 1200. The molecule has 0 spiro atoms.